The normalized spacial score (nSPS) is 16.0. The molecule has 0 heterocycles. The molecule has 0 amide bonds. The maximum absolute atomic E-state index is 10.2. The van der Waals surface area contributed by atoms with Gasteiger partial charge >= 0.3 is 5.97 Å². The first-order valence-corrected chi connectivity index (χ1v) is 6.91. The van der Waals surface area contributed by atoms with Gasteiger partial charge in [0, 0.05) is 0 Å². The molecule has 1 N–H and O–H groups in total. The third-order valence-corrected chi connectivity index (χ3v) is 3.89. The molecule has 0 unspecified atom stereocenters. The lowest BCUT2D eigenvalue weighted by Gasteiger charge is -2.11. The number of carboxylic acid groups (broad SMARTS) is 1. The molecule has 2 aromatic carbocycles. The van der Waals surface area contributed by atoms with Crippen LogP contribution in [0.5, 0.6) is 0 Å². The first kappa shape index (κ1) is 13.4. The van der Waals surface area contributed by atoms with E-state index in [1.807, 2.05) is 0 Å². The largest absolute Gasteiger partial charge is 0.480 e. The summed E-state index contributed by atoms with van der Waals surface area (Å²) in [6.07, 6.45) is 10.1. The highest BCUT2D eigenvalue weighted by Crippen LogP contribution is 2.35. The Hall–Kier alpha value is -2.61. The fraction of sp³-hybridized carbons (Fsp3) is 0.105. The molecular weight excluding hydrogens is 260 g/mol. The van der Waals surface area contributed by atoms with Gasteiger partial charge in [0.05, 0.1) is 0 Å². The Morgan fingerprint density at radius 2 is 1.90 bits per heavy atom. The fourth-order valence-corrected chi connectivity index (χ4v) is 2.53. The van der Waals surface area contributed by atoms with Crippen LogP contribution in [-0.2, 0) is 11.2 Å². The molecule has 2 aliphatic carbocycles. The van der Waals surface area contributed by atoms with E-state index in [9.17, 15) is 4.79 Å². The summed E-state index contributed by atoms with van der Waals surface area (Å²) in [6, 6.07) is 13.0. The standard InChI is InChI=1S/C13H10.C6H6O2/c1-4-10-6-2-8-12-9-3-7-11(5-1)13(10)12;1-2-6(3-4-6)5(7)8/h1-8H,9H2;2-4H,1H2,(H,7,8). The number of hydrogen-bond acceptors (Lipinski definition) is 1. The van der Waals surface area contributed by atoms with E-state index < -0.39 is 11.4 Å². The average Bonchev–Trinajstić information content (AvgIpc) is 3.30. The Kier molecular flexibility index (Phi) is 3.22. The van der Waals surface area contributed by atoms with E-state index >= 15 is 0 Å². The number of benzene rings is 2. The van der Waals surface area contributed by atoms with Gasteiger partial charge in [0.15, 0.2) is 0 Å². The highest BCUT2D eigenvalue weighted by Gasteiger charge is 2.38. The number of rotatable bonds is 2. The van der Waals surface area contributed by atoms with Crippen molar-refractivity contribution in [3.63, 3.8) is 0 Å². The second-order valence-corrected chi connectivity index (χ2v) is 5.24. The van der Waals surface area contributed by atoms with Crippen LogP contribution in [0.25, 0.3) is 16.8 Å². The van der Waals surface area contributed by atoms with Crippen molar-refractivity contribution in [3.05, 3.63) is 78.4 Å². The van der Waals surface area contributed by atoms with Gasteiger partial charge in [-0.15, -0.1) is 6.58 Å². The van der Waals surface area contributed by atoms with Crippen LogP contribution >= 0.6 is 0 Å². The minimum Gasteiger partial charge on any atom is -0.480 e. The van der Waals surface area contributed by atoms with Crippen molar-refractivity contribution in [3.8, 4) is 0 Å². The summed E-state index contributed by atoms with van der Waals surface area (Å²) in [7, 11) is 0. The maximum Gasteiger partial charge on any atom is 0.321 e. The van der Waals surface area contributed by atoms with Crippen LogP contribution < -0.4 is 0 Å². The van der Waals surface area contributed by atoms with Gasteiger partial charge in [0.1, 0.15) is 5.41 Å². The van der Waals surface area contributed by atoms with Crippen LogP contribution in [0.1, 0.15) is 11.1 Å². The zero-order valence-electron chi connectivity index (χ0n) is 11.6. The minimum atomic E-state index is -0.840. The van der Waals surface area contributed by atoms with E-state index in [0.717, 1.165) is 6.42 Å². The number of carboxylic acids is 1. The summed E-state index contributed by atoms with van der Waals surface area (Å²) in [5, 5.41) is 11.2. The molecule has 0 saturated heterocycles. The third-order valence-electron chi connectivity index (χ3n) is 3.89. The third kappa shape index (κ3) is 2.40. The zero-order valence-corrected chi connectivity index (χ0v) is 11.6. The molecule has 2 aromatic rings. The smallest absolute Gasteiger partial charge is 0.321 e. The number of carbonyl (C=O) groups is 1. The highest BCUT2D eigenvalue weighted by molar-refractivity contribution is 5.94. The number of allylic oxidation sites excluding steroid dienone is 1. The molecule has 0 atom stereocenters. The van der Waals surface area contributed by atoms with Gasteiger partial charge in [-0.1, -0.05) is 66.8 Å². The van der Waals surface area contributed by atoms with E-state index in [1.165, 1.54) is 28.0 Å². The quantitative estimate of drug-likeness (QED) is 0.834. The van der Waals surface area contributed by atoms with Crippen molar-refractivity contribution in [1.82, 2.24) is 0 Å². The van der Waals surface area contributed by atoms with Gasteiger partial charge in [0.25, 0.3) is 0 Å². The molecule has 0 bridgehead atoms. The minimum absolute atomic E-state index is 0.778. The first-order valence-electron chi connectivity index (χ1n) is 6.91. The molecule has 0 saturated carbocycles. The summed E-state index contributed by atoms with van der Waals surface area (Å²) >= 11 is 0. The van der Waals surface area contributed by atoms with Crippen molar-refractivity contribution < 1.29 is 9.90 Å². The van der Waals surface area contributed by atoms with Crippen molar-refractivity contribution in [2.24, 2.45) is 5.41 Å². The van der Waals surface area contributed by atoms with E-state index in [-0.39, 0.29) is 0 Å². The maximum atomic E-state index is 10.2. The molecule has 2 heteroatoms. The number of aliphatic carboxylic acids is 1. The van der Waals surface area contributed by atoms with Crippen LogP contribution in [0.2, 0.25) is 0 Å². The summed E-state index contributed by atoms with van der Waals surface area (Å²) < 4.78 is 0. The molecule has 0 aliphatic heterocycles. The molecule has 4 rings (SSSR count). The van der Waals surface area contributed by atoms with Gasteiger partial charge in [-0.25, -0.2) is 0 Å². The Balaban J connectivity index is 0.000000143. The molecule has 0 spiro atoms. The lowest BCUT2D eigenvalue weighted by atomic mass is 9.93. The summed E-state index contributed by atoms with van der Waals surface area (Å²) in [6.45, 7) is 3.37. The molecule has 104 valence electrons. The Morgan fingerprint density at radius 3 is 2.48 bits per heavy atom. The predicted molar refractivity (Wildman–Crippen MR) is 86.1 cm³/mol. The second-order valence-electron chi connectivity index (χ2n) is 5.24. The van der Waals surface area contributed by atoms with Gasteiger partial charge in [-0.05, 0) is 28.3 Å². The SMILES string of the molecule is C1=Cc2cccc3cccc(c23)C1.C=CC1(C(=O)O)C=C1. The zero-order chi connectivity index (χ0) is 14.9. The average molecular weight is 276 g/mol. The molecule has 0 aromatic heterocycles. The molecular formula is C19H16O2. The van der Waals surface area contributed by atoms with E-state index in [2.05, 4.69) is 55.1 Å². The topological polar surface area (TPSA) is 37.3 Å². The van der Waals surface area contributed by atoms with E-state index in [4.69, 9.17) is 5.11 Å². The Labute approximate surface area is 123 Å². The predicted octanol–water partition coefficient (Wildman–Crippen LogP) is 4.22. The molecule has 2 aliphatic rings. The highest BCUT2D eigenvalue weighted by atomic mass is 16.4. The van der Waals surface area contributed by atoms with Gasteiger partial charge in [-0.3, -0.25) is 4.79 Å². The van der Waals surface area contributed by atoms with Crippen molar-refractivity contribution in [2.45, 2.75) is 6.42 Å². The summed E-state index contributed by atoms with van der Waals surface area (Å²) in [5.41, 5.74) is 2.04. The summed E-state index contributed by atoms with van der Waals surface area (Å²) in [4.78, 5) is 10.2. The van der Waals surface area contributed by atoms with Gasteiger partial charge < -0.3 is 5.11 Å². The monoisotopic (exact) mass is 276 g/mol. The van der Waals surface area contributed by atoms with Gasteiger partial charge in [0.2, 0.25) is 0 Å². The van der Waals surface area contributed by atoms with Crippen LogP contribution in [0.4, 0.5) is 0 Å². The Morgan fingerprint density at radius 1 is 1.19 bits per heavy atom. The Bertz CT molecular complexity index is 770. The molecule has 0 fully saturated rings. The van der Waals surface area contributed by atoms with E-state index in [1.54, 1.807) is 12.2 Å². The fourth-order valence-electron chi connectivity index (χ4n) is 2.53. The van der Waals surface area contributed by atoms with E-state index in [0.29, 0.717) is 0 Å². The van der Waals surface area contributed by atoms with Crippen LogP contribution in [0.15, 0.2) is 67.3 Å². The van der Waals surface area contributed by atoms with Crippen LogP contribution in [-0.4, -0.2) is 11.1 Å². The van der Waals surface area contributed by atoms with Crippen LogP contribution in [0, 0.1) is 5.41 Å². The van der Waals surface area contributed by atoms with Crippen molar-refractivity contribution in [1.29, 1.82) is 0 Å². The lowest BCUT2D eigenvalue weighted by molar-refractivity contribution is -0.140. The lowest BCUT2D eigenvalue weighted by Crippen LogP contribution is -2.12. The van der Waals surface area contributed by atoms with Crippen molar-refractivity contribution >= 4 is 22.8 Å². The summed E-state index contributed by atoms with van der Waals surface area (Å²) in [5.74, 6) is -0.840. The number of hydrogen-bond donors (Lipinski definition) is 1. The van der Waals surface area contributed by atoms with Crippen LogP contribution in [0.3, 0.4) is 0 Å². The second kappa shape index (κ2) is 5.06. The van der Waals surface area contributed by atoms with Gasteiger partial charge in [-0.2, -0.15) is 0 Å². The molecule has 2 nitrogen and oxygen atoms in total. The van der Waals surface area contributed by atoms with Crippen molar-refractivity contribution in [2.75, 3.05) is 0 Å². The molecule has 21 heavy (non-hydrogen) atoms. The first-order chi connectivity index (χ1) is 10.2. The molecule has 0 radical (unpaired) electrons.